The molecule has 0 unspecified atom stereocenters. The molecule has 0 aromatic carbocycles. The second-order valence-corrected chi connectivity index (χ2v) is 4.41. The average molecular weight is 167 g/mol. The van der Waals surface area contributed by atoms with Gasteiger partial charge in [-0.3, -0.25) is 0 Å². The largest absolute Gasteiger partial charge is 0.330 e. The third kappa shape index (κ3) is 1.71. The SMILES string of the molecule is CCC/C=C/[C@@H]1[C@@H](CN)C1(C)C. The molecule has 1 aliphatic rings. The maximum absolute atomic E-state index is 5.67. The second kappa shape index (κ2) is 3.61. The Labute approximate surface area is 76.0 Å². The van der Waals surface area contributed by atoms with Crippen molar-refractivity contribution in [1.29, 1.82) is 0 Å². The van der Waals surface area contributed by atoms with Crippen LogP contribution in [0.15, 0.2) is 12.2 Å². The van der Waals surface area contributed by atoms with Crippen molar-refractivity contribution in [3.05, 3.63) is 12.2 Å². The maximum atomic E-state index is 5.67. The Bertz CT molecular complexity index is 170. The summed E-state index contributed by atoms with van der Waals surface area (Å²) < 4.78 is 0. The van der Waals surface area contributed by atoms with Gasteiger partial charge in [0.15, 0.2) is 0 Å². The molecule has 0 spiro atoms. The fraction of sp³-hybridized carbons (Fsp3) is 0.818. The van der Waals surface area contributed by atoms with Gasteiger partial charge in [-0.15, -0.1) is 0 Å². The van der Waals surface area contributed by atoms with E-state index in [1.807, 2.05) is 0 Å². The van der Waals surface area contributed by atoms with Crippen molar-refractivity contribution in [3.63, 3.8) is 0 Å². The maximum Gasteiger partial charge on any atom is -0.00377 e. The first-order valence-corrected chi connectivity index (χ1v) is 5.01. The molecule has 0 radical (unpaired) electrons. The van der Waals surface area contributed by atoms with Gasteiger partial charge in [0.1, 0.15) is 0 Å². The summed E-state index contributed by atoms with van der Waals surface area (Å²) in [6, 6.07) is 0. The first-order valence-electron chi connectivity index (χ1n) is 5.01. The van der Waals surface area contributed by atoms with E-state index in [9.17, 15) is 0 Å². The zero-order valence-corrected chi connectivity index (χ0v) is 8.51. The smallest absolute Gasteiger partial charge is 0.00377 e. The van der Waals surface area contributed by atoms with Crippen molar-refractivity contribution < 1.29 is 0 Å². The number of hydrogen-bond acceptors (Lipinski definition) is 1. The summed E-state index contributed by atoms with van der Waals surface area (Å²) in [7, 11) is 0. The number of allylic oxidation sites excluding steroid dienone is 2. The molecule has 1 rings (SSSR count). The molecule has 0 amide bonds. The van der Waals surface area contributed by atoms with Crippen molar-refractivity contribution in [2.75, 3.05) is 6.54 Å². The molecule has 1 aliphatic carbocycles. The number of nitrogens with two attached hydrogens (primary N) is 1. The molecule has 0 bridgehead atoms. The minimum atomic E-state index is 0.471. The van der Waals surface area contributed by atoms with E-state index >= 15 is 0 Å². The van der Waals surface area contributed by atoms with Crippen molar-refractivity contribution in [3.8, 4) is 0 Å². The number of hydrogen-bond donors (Lipinski definition) is 1. The Kier molecular flexibility index (Phi) is 2.94. The Morgan fingerprint density at radius 1 is 1.42 bits per heavy atom. The first-order chi connectivity index (χ1) is 5.64. The second-order valence-electron chi connectivity index (χ2n) is 4.41. The molecule has 1 nitrogen and oxygen atoms in total. The molecule has 0 aliphatic heterocycles. The highest BCUT2D eigenvalue weighted by atomic mass is 14.7. The summed E-state index contributed by atoms with van der Waals surface area (Å²) in [5.74, 6) is 1.47. The lowest BCUT2D eigenvalue weighted by molar-refractivity contribution is 0.555. The van der Waals surface area contributed by atoms with Crippen LogP contribution in [0.3, 0.4) is 0 Å². The molecule has 0 aromatic heterocycles. The zero-order valence-electron chi connectivity index (χ0n) is 8.51. The van der Waals surface area contributed by atoms with Gasteiger partial charge in [0.05, 0.1) is 0 Å². The normalized spacial score (nSPS) is 32.7. The third-order valence-electron chi connectivity index (χ3n) is 3.19. The van der Waals surface area contributed by atoms with Crippen molar-refractivity contribution in [2.24, 2.45) is 23.0 Å². The average Bonchev–Trinajstić information content (AvgIpc) is 2.54. The van der Waals surface area contributed by atoms with Crippen molar-refractivity contribution in [1.82, 2.24) is 0 Å². The van der Waals surface area contributed by atoms with E-state index in [-0.39, 0.29) is 0 Å². The lowest BCUT2D eigenvalue weighted by atomic mass is 10.1. The Morgan fingerprint density at radius 3 is 2.50 bits per heavy atom. The number of unbranched alkanes of at least 4 members (excludes halogenated alkanes) is 1. The van der Waals surface area contributed by atoms with Crippen LogP contribution in [0.5, 0.6) is 0 Å². The van der Waals surface area contributed by atoms with Crippen LogP contribution in [-0.4, -0.2) is 6.54 Å². The molecule has 2 atom stereocenters. The van der Waals surface area contributed by atoms with Crippen molar-refractivity contribution >= 4 is 0 Å². The lowest BCUT2D eigenvalue weighted by Gasteiger charge is -1.97. The fourth-order valence-electron chi connectivity index (χ4n) is 2.03. The van der Waals surface area contributed by atoms with Gasteiger partial charge in [-0.25, -0.2) is 0 Å². The van der Waals surface area contributed by atoms with Crippen LogP contribution in [0.1, 0.15) is 33.6 Å². The molecule has 2 N–H and O–H groups in total. The summed E-state index contributed by atoms with van der Waals surface area (Å²) in [6.07, 6.45) is 7.13. The molecule has 1 fully saturated rings. The highest BCUT2D eigenvalue weighted by molar-refractivity contribution is 5.14. The monoisotopic (exact) mass is 167 g/mol. The third-order valence-corrected chi connectivity index (χ3v) is 3.19. The summed E-state index contributed by atoms with van der Waals surface area (Å²) in [6.45, 7) is 7.67. The number of rotatable bonds is 4. The van der Waals surface area contributed by atoms with E-state index in [2.05, 4.69) is 32.9 Å². The van der Waals surface area contributed by atoms with E-state index < -0.39 is 0 Å². The highest BCUT2D eigenvalue weighted by Gasteiger charge is 2.54. The summed E-state index contributed by atoms with van der Waals surface area (Å²) in [5, 5.41) is 0. The summed E-state index contributed by atoms with van der Waals surface area (Å²) in [4.78, 5) is 0. The van der Waals surface area contributed by atoms with E-state index in [1.165, 1.54) is 12.8 Å². The van der Waals surface area contributed by atoms with Crippen LogP contribution < -0.4 is 5.73 Å². The molecule has 1 saturated carbocycles. The van der Waals surface area contributed by atoms with Gasteiger partial charge in [-0.05, 0) is 30.2 Å². The highest BCUT2D eigenvalue weighted by Crippen LogP contribution is 2.58. The lowest BCUT2D eigenvalue weighted by Crippen LogP contribution is -2.05. The van der Waals surface area contributed by atoms with Crippen LogP contribution >= 0.6 is 0 Å². The molecular weight excluding hydrogens is 146 g/mol. The summed E-state index contributed by atoms with van der Waals surface area (Å²) >= 11 is 0. The Morgan fingerprint density at radius 2 is 2.08 bits per heavy atom. The van der Waals surface area contributed by atoms with Crippen LogP contribution in [0, 0.1) is 17.3 Å². The minimum absolute atomic E-state index is 0.471. The molecule has 0 saturated heterocycles. The fourth-order valence-corrected chi connectivity index (χ4v) is 2.03. The van der Waals surface area contributed by atoms with E-state index in [4.69, 9.17) is 5.73 Å². The van der Waals surface area contributed by atoms with Gasteiger partial charge in [0, 0.05) is 0 Å². The standard InChI is InChI=1S/C11H21N/c1-4-5-6-7-9-10(8-12)11(9,2)3/h6-7,9-10H,4-5,8,12H2,1-3H3/b7-6+/t9-,10-/m1/s1. The zero-order chi connectivity index (χ0) is 9.19. The van der Waals surface area contributed by atoms with Gasteiger partial charge in [-0.2, -0.15) is 0 Å². The van der Waals surface area contributed by atoms with Crippen LogP contribution in [0.4, 0.5) is 0 Å². The van der Waals surface area contributed by atoms with E-state index in [0.717, 1.165) is 18.4 Å². The first kappa shape index (κ1) is 9.79. The minimum Gasteiger partial charge on any atom is -0.330 e. The summed E-state index contributed by atoms with van der Waals surface area (Å²) in [5.41, 5.74) is 6.14. The molecule has 70 valence electrons. The molecular formula is C11H21N. The van der Waals surface area contributed by atoms with Gasteiger partial charge >= 0.3 is 0 Å². The molecule has 0 aromatic rings. The quantitative estimate of drug-likeness (QED) is 0.640. The van der Waals surface area contributed by atoms with Crippen LogP contribution in [0.25, 0.3) is 0 Å². The van der Waals surface area contributed by atoms with E-state index in [0.29, 0.717) is 5.41 Å². The van der Waals surface area contributed by atoms with Gasteiger partial charge < -0.3 is 5.73 Å². The predicted octanol–water partition coefficient (Wildman–Crippen LogP) is 2.57. The van der Waals surface area contributed by atoms with E-state index in [1.54, 1.807) is 0 Å². The van der Waals surface area contributed by atoms with Gasteiger partial charge in [0.2, 0.25) is 0 Å². The van der Waals surface area contributed by atoms with Gasteiger partial charge in [-0.1, -0.05) is 39.3 Å². The predicted molar refractivity (Wildman–Crippen MR) is 53.9 cm³/mol. The Hall–Kier alpha value is -0.300. The molecule has 1 heteroatoms. The van der Waals surface area contributed by atoms with Crippen molar-refractivity contribution in [2.45, 2.75) is 33.6 Å². The molecule has 0 heterocycles. The topological polar surface area (TPSA) is 26.0 Å². The van der Waals surface area contributed by atoms with Crippen LogP contribution in [0.2, 0.25) is 0 Å². The van der Waals surface area contributed by atoms with Crippen LogP contribution in [-0.2, 0) is 0 Å². The Balaban J connectivity index is 2.36. The van der Waals surface area contributed by atoms with Gasteiger partial charge in [0.25, 0.3) is 0 Å². The molecule has 12 heavy (non-hydrogen) atoms.